The molecule has 1 atom stereocenters. The molecule has 1 aliphatic heterocycles. The van der Waals surface area contributed by atoms with Crippen molar-refractivity contribution in [2.45, 2.75) is 31.8 Å². The maximum absolute atomic E-state index is 13.2. The maximum atomic E-state index is 13.2. The molecule has 6 heteroatoms. The van der Waals surface area contributed by atoms with E-state index in [9.17, 15) is 14.3 Å². The van der Waals surface area contributed by atoms with Crippen molar-refractivity contribution >= 4 is 17.4 Å². The Morgan fingerprint density at radius 2 is 1.78 bits per heavy atom. The average Bonchev–Trinajstić information content (AvgIpc) is 2.96. The number of halogens is 1. The molecule has 2 aromatic carbocycles. The molecule has 5 nitrogen and oxygen atoms in total. The summed E-state index contributed by atoms with van der Waals surface area (Å²) in [6, 6.07) is 13.1. The topological polar surface area (TPSA) is 64.6 Å². The summed E-state index contributed by atoms with van der Waals surface area (Å²) in [5.41, 5.74) is 2.29. The second-order valence-corrected chi connectivity index (χ2v) is 6.85. The number of aliphatic hydroxyl groups excluding tert-OH is 1. The van der Waals surface area contributed by atoms with Crippen molar-refractivity contribution in [1.82, 2.24) is 5.32 Å². The quantitative estimate of drug-likeness (QED) is 0.743. The first-order chi connectivity index (χ1) is 13.1. The van der Waals surface area contributed by atoms with Crippen molar-refractivity contribution in [2.24, 2.45) is 0 Å². The largest absolute Gasteiger partial charge is 0.387 e. The predicted molar refractivity (Wildman–Crippen MR) is 106 cm³/mol. The van der Waals surface area contributed by atoms with Crippen molar-refractivity contribution in [3.63, 3.8) is 0 Å². The molecule has 1 saturated heterocycles. The molecule has 0 saturated carbocycles. The Kier molecular flexibility index (Phi) is 6.65. The van der Waals surface area contributed by atoms with Crippen LogP contribution in [0, 0.1) is 5.82 Å². The van der Waals surface area contributed by atoms with Crippen LogP contribution in [-0.2, 0) is 0 Å². The van der Waals surface area contributed by atoms with Gasteiger partial charge in [0.05, 0.1) is 6.10 Å². The van der Waals surface area contributed by atoms with E-state index in [-0.39, 0.29) is 6.54 Å². The fraction of sp³-hybridized carbons (Fsp3) is 0.381. The zero-order valence-corrected chi connectivity index (χ0v) is 15.3. The van der Waals surface area contributed by atoms with Gasteiger partial charge in [0, 0.05) is 31.0 Å². The second kappa shape index (κ2) is 9.37. The third-order valence-corrected chi connectivity index (χ3v) is 4.79. The molecule has 0 unspecified atom stereocenters. The van der Waals surface area contributed by atoms with Crippen molar-refractivity contribution in [1.29, 1.82) is 0 Å². The number of rotatable bonds is 5. The van der Waals surface area contributed by atoms with Crippen molar-refractivity contribution in [2.75, 3.05) is 29.9 Å². The highest BCUT2D eigenvalue weighted by Gasteiger charge is 2.12. The number of carbonyl (C=O) groups is 1. The lowest BCUT2D eigenvalue weighted by atomic mass is 10.1. The molecule has 3 rings (SSSR count). The smallest absolute Gasteiger partial charge is 0.319 e. The van der Waals surface area contributed by atoms with Crippen LogP contribution in [-0.4, -0.2) is 30.8 Å². The fourth-order valence-electron chi connectivity index (χ4n) is 3.28. The summed E-state index contributed by atoms with van der Waals surface area (Å²) < 4.78 is 13.2. The lowest BCUT2D eigenvalue weighted by molar-refractivity contribution is 0.174. The Balaban J connectivity index is 1.49. The van der Waals surface area contributed by atoms with Crippen molar-refractivity contribution < 1.29 is 14.3 Å². The molecular formula is C21H26FN3O2. The lowest BCUT2D eigenvalue weighted by Crippen LogP contribution is -2.32. The molecule has 0 aromatic heterocycles. The number of hydrogen-bond donors (Lipinski definition) is 3. The first kappa shape index (κ1) is 19.2. The zero-order chi connectivity index (χ0) is 19.1. The van der Waals surface area contributed by atoms with E-state index in [1.165, 1.54) is 49.6 Å². The number of carbonyl (C=O) groups excluding carboxylic acids is 1. The van der Waals surface area contributed by atoms with E-state index in [1.807, 2.05) is 24.3 Å². The Hall–Kier alpha value is -2.60. The van der Waals surface area contributed by atoms with Gasteiger partial charge in [-0.1, -0.05) is 25.0 Å². The molecule has 0 bridgehead atoms. The Morgan fingerprint density at radius 3 is 2.44 bits per heavy atom. The van der Waals surface area contributed by atoms with Gasteiger partial charge in [-0.25, -0.2) is 9.18 Å². The van der Waals surface area contributed by atoms with Gasteiger partial charge < -0.3 is 20.6 Å². The highest BCUT2D eigenvalue weighted by atomic mass is 19.1. The first-order valence-electron chi connectivity index (χ1n) is 9.45. The zero-order valence-electron chi connectivity index (χ0n) is 15.3. The molecule has 0 spiro atoms. The predicted octanol–water partition coefficient (Wildman–Crippen LogP) is 4.06. The van der Waals surface area contributed by atoms with E-state index in [4.69, 9.17) is 0 Å². The van der Waals surface area contributed by atoms with E-state index in [0.717, 1.165) is 13.1 Å². The minimum atomic E-state index is -0.961. The van der Waals surface area contributed by atoms with E-state index in [1.54, 1.807) is 6.07 Å². The number of nitrogens with one attached hydrogen (secondary N) is 2. The molecular weight excluding hydrogens is 345 g/mol. The van der Waals surface area contributed by atoms with E-state index in [0.29, 0.717) is 11.3 Å². The summed E-state index contributed by atoms with van der Waals surface area (Å²) in [4.78, 5) is 14.4. The van der Waals surface area contributed by atoms with Gasteiger partial charge in [-0.2, -0.15) is 0 Å². The molecule has 0 radical (unpaired) electrons. The van der Waals surface area contributed by atoms with Crippen LogP contribution in [0.3, 0.4) is 0 Å². The summed E-state index contributed by atoms with van der Waals surface area (Å²) in [7, 11) is 0. The van der Waals surface area contributed by atoms with Crippen LogP contribution in [0.25, 0.3) is 0 Å². The maximum Gasteiger partial charge on any atom is 0.319 e. The number of urea groups is 1. The van der Waals surface area contributed by atoms with Crippen LogP contribution in [0.2, 0.25) is 0 Å². The Bertz CT molecular complexity index is 743. The second-order valence-electron chi connectivity index (χ2n) is 6.85. The molecule has 144 valence electrons. The Morgan fingerprint density at radius 1 is 1.07 bits per heavy atom. The summed E-state index contributed by atoms with van der Waals surface area (Å²) in [5, 5.41) is 15.4. The number of hydrogen-bond acceptors (Lipinski definition) is 3. The monoisotopic (exact) mass is 371 g/mol. The fourth-order valence-corrected chi connectivity index (χ4v) is 3.28. The SMILES string of the molecule is O=C(NC[C@H](O)c1cccc(F)c1)Nc1ccc(N2CCCCCC2)cc1. The van der Waals surface area contributed by atoms with E-state index >= 15 is 0 Å². The lowest BCUT2D eigenvalue weighted by Gasteiger charge is -2.22. The first-order valence-corrected chi connectivity index (χ1v) is 9.45. The highest BCUT2D eigenvalue weighted by molar-refractivity contribution is 5.89. The van der Waals surface area contributed by atoms with Gasteiger partial charge in [-0.3, -0.25) is 0 Å². The molecule has 1 aliphatic rings. The molecule has 1 heterocycles. The third-order valence-electron chi connectivity index (χ3n) is 4.79. The molecule has 2 aromatic rings. The average molecular weight is 371 g/mol. The highest BCUT2D eigenvalue weighted by Crippen LogP contribution is 2.21. The number of aliphatic hydroxyl groups is 1. The van der Waals surface area contributed by atoms with Gasteiger partial charge in [0.25, 0.3) is 0 Å². The molecule has 0 aliphatic carbocycles. The summed E-state index contributed by atoms with van der Waals surface area (Å²) >= 11 is 0. The summed E-state index contributed by atoms with van der Waals surface area (Å²) in [6.45, 7) is 2.15. The molecule has 2 amide bonds. The standard InChI is InChI=1S/C21H26FN3O2/c22-17-7-5-6-16(14-17)20(26)15-23-21(27)24-18-8-10-19(11-9-18)25-12-3-1-2-4-13-25/h5-11,14,20,26H,1-4,12-13,15H2,(H2,23,24,27)/t20-/m0/s1. The van der Waals surface area contributed by atoms with Gasteiger partial charge in [-0.05, 0) is 54.8 Å². The van der Waals surface area contributed by atoms with Crippen molar-refractivity contribution in [3.05, 3.63) is 59.9 Å². The minimum Gasteiger partial charge on any atom is -0.387 e. The van der Waals surface area contributed by atoms with Crippen LogP contribution < -0.4 is 15.5 Å². The number of anilines is 2. The third kappa shape index (κ3) is 5.69. The van der Waals surface area contributed by atoms with Gasteiger partial charge in [0.15, 0.2) is 0 Å². The van der Waals surface area contributed by atoms with Gasteiger partial charge >= 0.3 is 6.03 Å². The van der Waals surface area contributed by atoms with Gasteiger partial charge in [0.2, 0.25) is 0 Å². The van der Waals surface area contributed by atoms with Crippen LogP contribution in [0.5, 0.6) is 0 Å². The number of amides is 2. The normalized spacial score (nSPS) is 15.7. The van der Waals surface area contributed by atoms with Crippen LogP contribution in [0.4, 0.5) is 20.6 Å². The molecule has 3 N–H and O–H groups in total. The van der Waals surface area contributed by atoms with E-state index in [2.05, 4.69) is 15.5 Å². The van der Waals surface area contributed by atoms with E-state index < -0.39 is 18.0 Å². The van der Waals surface area contributed by atoms with Crippen LogP contribution in [0.1, 0.15) is 37.4 Å². The van der Waals surface area contributed by atoms with Gasteiger partial charge in [0.1, 0.15) is 5.82 Å². The molecule has 1 fully saturated rings. The molecule has 27 heavy (non-hydrogen) atoms. The Labute approximate surface area is 159 Å². The summed E-state index contributed by atoms with van der Waals surface area (Å²) in [6.07, 6.45) is 4.05. The van der Waals surface area contributed by atoms with Gasteiger partial charge in [-0.15, -0.1) is 0 Å². The number of nitrogens with zero attached hydrogens (tertiary/aromatic N) is 1. The van der Waals surface area contributed by atoms with Crippen LogP contribution >= 0.6 is 0 Å². The number of benzene rings is 2. The van der Waals surface area contributed by atoms with Crippen LogP contribution in [0.15, 0.2) is 48.5 Å². The van der Waals surface area contributed by atoms with Crippen molar-refractivity contribution in [3.8, 4) is 0 Å². The summed E-state index contributed by atoms with van der Waals surface area (Å²) in [5.74, 6) is -0.416. The minimum absolute atomic E-state index is 0.00114.